The Morgan fingerprint density at radius 1 is 1.04 bits per heavy atom. The van der Waals surface area contributed by atoms with Gasteiger partial charge in [0.1, 0.15) is 0 Å². The zero-order valence-electron chi connectivity index (χ0n) is 14.6. The van der Waals surface area contributed by atoms with Gasteiger partial charge in [0, 0.05) is 24.7 Å². The van der Waals surface area contributed by atoms with Gasteiger partial charge in [-0.3, -0.25) is 4.98 Å². The van der Waals surface area contributed by atoms with Crippen LogP contribution in [0.3, 0.4) is 0 Å². The lowest BCUT2D eigenvalue weighted by molar-refractivity contribution is 0.508. The van der Waals surface area contributed by atoms with Crippen molar-refractivity contribution in [3.05, 3.63) is 66.0 Å². The summed E-state index contributed by atoms with van der Waals surface area (Å²) in [5.74, 6) is 0.821. The second-order valence-corrected chi connectivity index (χ2v) is 6.12. The number of nitrogens with one attached hydrogen (secondary N) is 2. The summed E-state index contributed by atoms with van der Waals surface area (Å²) in [6.45, 7) is 8.75. The molecule has 0 amide bonds. The van der Waals surface area contributed by atoms with E-state index >= 15 is 0 Å². The molecule has 0 unspecified atom stereocenters. The number of guanidine groups is 1. The molecule has 2 N–H and O–H groups in total. The molecule has 0 fully saturated rings. The van der Waals surface area contributed by atoms with Crippen molar-refractivity contribution < 1.29 is 0 Å². The quantitative estimate of drug-likeness (QED) is 0.411. The summed E-state index contributed by atoms with van der Waals surface area (Å²) in [6.07, 6.45) is 1.80. The Morgan fingerprint density at radius 3 is 2.38 bits per heavy atom. The first kappa shape index (κ1) is 20.4. The van der Waals surface area contributed by atoms with Gasteiger partial charge in [0.2, 0.25) is 0 Å². The summed E-state index contributed by atoms with van der Waals surface area (Å²) >= 11 is 0. The number of benzene rings is 1. The Kier molecular flexibility index (Phi) is 8.74. The van der Waals surface area contributed by atoms with E-state index in [-0.39, 0.29) is 29.4 Å². The van der Waals surface area contributed by atoms with E-state index in [0.29, 0.717) is 6.54 Å². The molecule has 0 aliphatic carbocycles. The molecule has 0 atom stereocenters. The lowest BCUT2D eigenvalue weighted by Gasteiger charge is -2.26. The van der Waals surface area contributed by atoms with Gasteiger partial charge >= 0.3 is 0 Å². The average Bonchev–Trinajstić information content (AvgIpc) is 2.59. The third kappa shape index (κ3) is 6.47. The van der Waals surface area contributed by atoms with E-state index in [4.69, 9.17) is 0 Å². The third-order valence-corrected chi connectivity index (χ3v) is 3.72. The fourth-order valence-electron chi connectivity index (χ4n) is 2.29. The molecule has 0 spiro atoms. The van der Waals surface area contributed by atoms with Crippen LogP contribution in [0.2, 0.25) is 0 Å². The molecule has 24 heavy (non-hydrogen) atoms. The van der Waals surface area contributed by atoms with E-state index in [1.807, 2.05) is 24.3 Å². The normalized spacial score (nSPS) is 11.5. The van der Waals surface area contributed by atoms with Gasteiger partial charge in [-0.05, 0) is 24.6 Å². The van der Waals surface area contributed by atoms with E-state index in [2.05, 4.69) is 65.6 Å². The van der Waals surface area contributed by atoms with Crippen LogP contribution >= 0.6 is 24.0 Å². The standard InChI is InChI=1S/C19H26N4.HI/c1-4-20-18(22-14-17-12-8-9-13-21-17)23-15-19(2,3)16-10-6-5-7-11-16;/h5-13H,4,14-15H2,1-3H3,(H2,20,22,23);1H. The zero-order valence-corrected chi connectivity index (χ0v) is 17.0. The molecule has 5 heteroatoms. The van der Waals surface area contributed by atoms with Crippen molar-refractivity contribution in [1.29, 1.82) is 0 Å². The van der Waals surface area contributed by atoms with Crippen LogP contribution in [0, 0.1) is 0 Å². The lowest BCUT2D eigenvalue weighted by atomic mass is 9.85. The van der Waals surface area contributed by atoms with Gasteiger partial charge < -0.3 is 10.6 Å². The van der Waals surface area contributed by atoms with Gasteiger partial charge in [0.25, 0.3) is 0 Å². The Bertz CT molecular complexity index is 612. The van der Waals surface area contributed by atoms with Crippen LogP contribution in [-0.4, -0.2) is 24.0 Å². The van der Waals surface area contributed by atoms with E-state index in [9.17, 15) is 0 Å². The van der Waals surface area contributed by atoms with E-state index in [1.54, 1.807) is 6.20 Å². The molecule has 0 bridgehead atoms. The fourth-order valence-corrected chi connectivity index (χ4v) is 2.29. The van der Waals surface area contributed by atoms with Crippen LogP contribution in [0.5, 0.6) is 0 Å². The highest BCUT2D eigenvalue weighted by Gasteiger charge is 2.20. The van der Waals surface area contributed by atoms with Crippen LogP contribution in [0.15, 0.2) is 59.7 Å². The minimum absolute atomic E-state index is 0. The maximum atomic E-state index is 4.61. The smallest absolute Gasteiger partial charge is 0.191 e. The number of aliphatic imine (C=N–C) groups is 1. The monoisotopic (exact) mass is 438 g/mol. The summed E-state index contributed by atoms with van der Waals surface area (Å²) in [5, 5.41) is 6.73. The Balaban J connectivity index is 0.00000288. The predicted octanol–water partition coefficient (Wildman–Crippen LogP) is 3.73. The van der Waals surface area contributed by atoms with Crippen molar-refractivity contribution in [3.63, 3.8) is 0 Å². The van der Waals surface area contributed by atoms with Crippen molar-refractivity contribution in [2.45, 2.75) is 32.7 Å². The van der Waals surface area contributed by atoms with E-state index in [0.717, 1.165) is 24.7 Å². The summed E-state index contributed by atoms with van der Waals surface area (Å²) in [5.41, 5.74) is 2.31. The number of hydrogen-bond acceptors (Lipinski definition) is 2. The topological polar surface area (TPSA) is 49.3 Å². The number of nitrogens with zero attached hydrogens (tertiary/aromatic N) is 2. The Labute approximate surface area is 162 Å². The summed E-state index contributed by atoms with van der Waals surface area (Å²) < 4.78 is 0. The average molecular weight is 438 g/mol. The molecule has 2 rings (SSSR count). The van der Waals surface area contributed by atoms with Crippen molar-refractivity contribution in [2.75, 3.05) is 13.1 Å². The SMILES string of the molecule is CCNC(=NCc1ccccn1)NCC(C)(C)c1ccccc1.I. The molecule has 1 aromatic heterocycles. The lowest BCUT2D eigenvalue weighted by Crippen LogP contribution is -2.43. The maximum absolute atomic E-state index is 4.61. The van der Waals surface area contributed by atoms with Gasteiger partial charge in [-0.2, -0.15) is 0 Å². The Hall–Kier alpha value is -1.63. The van der Waals surface area contributed by atoms with Crippen molar-refractivity contribution >= 4 is 29.9 Å². The summed E-state index contributed by atoms with van der Waals surface area (Å²) in [4.78, 5) is 8.92. The highest BCUT2D eigenvalue weighted by Crippen LogP contribution is 2.21. The van der Waals surface area contributed by atoms with Crippen molar-refractivity contribution in [2.24, 2.45) is 4.99 Å². The molecule has 0 radical (unpaired) electrons. The first-order valence-electron chi connectivity index (χ1n) is 8.09. The zero-order chi connectivity index (χ0) is 16.5. The second kappa shape index (κ2) is 10.3. The fraction of sp³-hybridized carbons (Fsp3) is 0.368. The van der Waals surface area contributed by atoms with Crippen molar-refractivity contribution in [1.82, 2.24) is 15.6 Å². The predicted molar refractivity (Wildman–Crippen MR) is 112 cm³/mol. The van der Waals surface area contributed by atoms with Gasteiger partial charge in [-0.1, -0.05) is 50.2 Å². The molecule has 0 aliphatic rings. The van der Waals surface area contributed by atoms with Crippen LogP contribution in [0.25, 0.3) is 0 Å². The minimum Gasteiger partial charge on any atom is -0.357 e. The van der Waals surface area contributed by atoms with Crippen molar-refractivity contribution in [3.8, 4) is 0 Å². The first-order valence-corrected chi connectivity index (χ1v) is 8.09. The first-order chi connectivity index (χ1) is 11.1. The molecular formula is C19H27IN4. The molecule has 4 nitrogen and oxygen atoms in total. The molecular weight excluding hydrogens is 411 g/mol. The largest absolute Gasteiger partial charge is 0.357 e. The Morgan fingerprint density at radius 2 is 1.75 bits per heavy atom. The van der Waals surface area contributed by atoms with E-state index in [1.165, 1.54) is 5.56 Å². The highest BCUT2D eigenvalue weighted by molar-refractivity contribution is 14.0. The molecule has 1 heterocycles. The minimum atomic E-state index is 0. The number of halogens is 1. The maximum Gasteiger partial charge on any atom is 0.191 e. The molecule has 1 aromatic carbocycles. The number of hydrogen-bond donors (Lipinski definition) is 2. The molecule has 2 aromatic rings. The summed E-state index contributed by atoms with van der Waals surface area (Å²) in [7, 11) is 0. The highest BCUT2D eigenvalue weighted by atomic mass is 127. The number of aromatic nitrogens is 1. The summed E-state index contributed by atoms with van der Waals surface area (Å²) in [6, 6.07) is 16.4. The third-order valence-electron chi connectivity index (χ3n) is 3.72. The van der Waals surface area contributed by atoms with Crippen LogP contribution < -0.4 is 10.6 Å². The van der Waals surface area contributed by atoms with Gasteiger partial charge in [-0.15, -0.1) is 24.0 Å². The molecule has 0 aliphatic heterocycles. The van der Waals surface area contributed by atoms with Crippen LogP contribution in [0.1, 0.15) is 32.0 Å². The second-order valence-electron chi connectivity index (χ2n) is 6.12. The molecule has 130 valence electrons. The van der Waals surface area contributed by atoms with E-state index < -0.39 is 0 Å². The number of rotatable bonds is 6. The van der Waals surface area contributed by atoms with Gasteiger partial charge in [0.05, 0.1) is 12.2 Å². The molecule has 0 saturated carbocycles. The molecule has 0 saturated heterocycles. The van der Waals surface area contributed by atoms with Gasteiger partial charge in [0.15, 0.2) is 5.96 Å². The van der Waals surface area contributed by atoms with Crippen LogP contribution in [0.4, 0.5) is 0 Å². The van der Waals surface area contributed by atoms with Gasteiger partial charge in [-0.25, -0.2) is 4.99 Å². The number of pyridine rings is 1. The van der Waals surface area contributed by atoms with Crippen LogP contribution in [-0.2, 0) is 12.0 Å².